The van der Waals surface area contributed by atoms with Crippen molar-refractivity contribution in [2.24, 2.45) is 46.3 Å². The number of fused-ring (bicyclic) bond motifs is 5. The van der Waals surface area contributed by atoms with Crippen molar-refractivity contribution in [3.8, 4) is 0 Å². The molecule has 0 radical (unpaired) electrons. The summed E-state index contributed by atoms with van der Waals surface area (Å²) in [4.78, 5) is 0. The molecule has 32 heavy (non-hydrogen) atoms. The van der Waals surface area contributed by atoms with Gasteiger partial charge >= 0.3 is 0 Å². The minimum atomic E-state index is -0.0355. The smallest absolute Gasteiger partial charge is 0.0543 e. The van der Waals surface area contributed by atoms with Crippen molar-refractivity contribution >= 4 is 0 Å². The summed E-state index contributed by atoms with van der Waals surface area (Å²) in [7, 11) is 0. The number of rotatable bonds is 5. The normalized spacial score (nSPS) is 41.1. The van der Waals surface area contributed by atoms with Crippen LogP contribution in [0.2, 0.25) is 0 Å². The van der Waals surface area contributed by atoms with Crippen LogP contribution in [-0.2, 0) is 0 Å². The Morgan fingerprint density at radius 1 is 0.938 bits per heavy atom. The average Bonchev–Trinajstić information content (AvgIpc) is 3.14. The highest BCUT2D eigenvalue weighted by molar-refractivity contribution is 5.29. The van der Waals surface area contributed by atoms with Gasteiger partial charge in [-0.15, -0.1) is 0 Å². The maximum atomic E-state index is 10.2. The molecule has 1 nitrogen and oxygen atoms in total. The lowest BCUT2D eigenvalue weighted by Gasteiger charge is -2.57. The van der Waals surface area contributed by atoms with Gasteiger partial charge in [-0.3, -0.25) is 0 Å². The highest BCUT2D eigenvalue weighted by atomic mass is 16.3. The van der Waals surface area contributed by atoms with Gasteiger partial charge in [-0.05, 0) is 97.7 Å². The Morgan fingerprint density at radius 3 is 2.28 bits per heavy atom. The van der Waals surface area contributed by atoms with Crippen LogP contribution in [0.25, 0.3) is 0 Å². The van der Waals surface area contributed by atoms with Gasteiger partial charge in [-0.25, -0.2) is 0 Å². The summed E-state index contributed by atoms with van der Waals surface area (Å²) in [6, 6.07) is 0. The molecule has 3 fully saturated rings. The fourth-order valence-corrected chi connectivity index (χ4v) is 8.53. The number of aliphatic hydroxyl groups is 1. The van der Waals surface area contributed by atoms with Crippen molar-refractivity contribution in [3.05, 3.63) is 11.6 Å². The molecule has 0 bridgehead atoms. The summed E-state index contributed by atoms with van der Waals surface area (Å²) in [6.45, 7) is 20.5. The summed E-state index contributed by atoms with van der Waals surface area (Å²) in [5, 5.41) is 10.2. The standard InChI is InChI=1S/C27H46O.2C2H6/c1-18(2)7-6-8-19(3)23-11-12-24-22-10-9-20-17-21(28)13-15-26(20,4)25(22)14-16-27(23,24)5;2*1-2/h14,18-24,28H,6-13,15-17H2,1-5H3;2*1-2H3. The summed E-state index contributed by atoms with van der Waals surface area (Å²) < 4.78 is 0. The van der Waals surface area contributed by atoms with Crippen LogP contribution in [0.5, 0.6) is 0 Å². The molecule has 0 spiro atoms. The lowest BCUT2D eigenvalue weighted by molar-refractivity contribution is -0.0158. The molecule has 8 unspecified atom stereocenters. The van der Waals surface area contributed by atoms with Gasteiger partial charge in [0.25, 0.3) is 0 Å². The SMILES string of the molecule is CC.CC.CC(C)CCCC(C)C1CCC2C3CCC4CC(O)CCC4(C)C3=CCC12C. The first-order valence-electron chi connectivity index (χ1n) is 14.6. The van der Waals surface area contributed by atoms with E-state index in [1.807, 2.05) is 33.3 Å². The Hall–Kier alpha value is -0.300. The molecule has 4 rings (SSSR count). The molecule has 188 valence electrons. The van der Waals surface area contributed by atoms with Gasteiger partial charge < -0.3 is 5.11 Å². The zero-order valence-corrected chi connectivity index (χ0v) is 23.3. The Morgan fingerprint density at radius 2 is 1.62 bits per heavy atom. The Bertz CT molecular complexity index is 591. The molecule has 0 aromatic carbocycles. The predicted octanol–water partition coefficient (Wildman–Crippen LogP) is 9.44. The average molecular weight is 447 g/mol. The van der Waals surface area contributed by atoms with Crippen LogP contribution < -0.4 is 0 Å². The van der Waals surface area contributed by atoms with Crippen molar-refractivity contribution in [2.75, 3.05) is 0 Å². The van der Waals surface area contributed by atoms with E-state index in [1.54, 1.807) is 0 Å². The minimum Gasteiger partial charge on any atom is -0.393 e. The third kappa shape index (κ3) is 5.34. The van der Waals surface area contributed by atoms with Gasteiger partial charge in [0.1, 0.15) is 0 Å². The molecule has 4 aliphatic carbocycles. The summed E-state index contributed by atoms with van der Waals surface area (Å²) >= 11 is 0. The third-order valence-corrected chi connectivity index (χ3v) is 10.2. The first-order valence-corrected chi connectivity index (χ1v) is 14.6. The number of hydrogen-bond donors (Lipinski definition) is 1. The zero-order chi connectivity index (χ0) is 24.1. The van der Waals surface area contributed by atoms with Crippen LogP contribution in [0.3, 0.4) is 0 Å². The Balaban J connectivity index is 0.000000860. The molecule has 3 saturated carbocycles. The zero-order valence-electron chi connectivity index (χ0n) is 23.3. The fourth-order valence-electron chi connectivity index (χ4n) is 8.53. The van der Waals surface area contributed by atoms with E-state index in [0.29, 0.717) is 10.8 Å². The quantitative estimate of drug-likeness (QED) is 0.417. The highest BCUT2D eigenvalue weighted by Gasteiger charge is 2.57. The van der Waals surface area contributed by atoms with E-state index in [1.165, 1.54) is 57.8 Å². The summed E-state index contributed by atoms with van der Waals surface area (Å²) in [6.07, 6.45) is 17.3. The van der Waals surface area contributed by atoms with Crippen LogP contribution >= 0.6 is 0 Å². The lowest BCUT2D eigenvalue weighted by Crippen LogP contribution is -2.48. The summed E-state index contributed by atoms with van der Waals surface area (Å²) in [5.74, 6) is 5.18. The fraction of sp³-hybridized carbons (Fsp3) is 0.935. The number of allylic oxidation sites excluding steroid dienone is 2. The molecule has 8 atom stereocenters. The van der Waals surface area contributed by atoms with Gasteiger partial charge in [-0.1, -0.05) is 93.2 Å². The molecule has 0 saturated heterocycles. The number of aliphatic hydroxyl groups excluding tert-OH is 1. The highest BCUT2D eigenvalue weighted by Crippen LogP contribution is 2.66. The molecule has 0 aliphatic heterocycles. The first kappa shape index (κ1) is 27.9. The molecule has 4 aliphatic rings. The van der Waals surface area contributed by atoms with E-state index in [0.717, 1.165) is 48.3 Å². The largest absolute Gasteiger partial charge is 0.393 e. The topological polar surface area (TPSA) is 20.2 Å². The van der Waals surface area contributed by atoms with Crippen molar-refractivity contribution < 1.29 is 5.11 Å². The molecular weight excluding hydrogens is 388 g/mol. The van der Waals surface area contributed by atoms with Crippen LogP contribution in [0, 0.1) is 46.3 Å². The van der Waals surface area contributed by atoms with Crippen molar-refractivity contribution in [1.82, 2.24) is 0 Å². The van der Waals surface area contributed by atoms with Crippen molar-refractivity contribution in [3.63, 3.8) is 0 Å². The van der Waals surface area contributed by atoms with E-state index in [-0.39, 0.29) is 6.10 Å². The lowest BCUT2D eigenvalue weighted by atomic mass is 9.48. The summed E-state index contributed by atoms with van der Waals surface area (Å²) in [5.41, 5.74) is 2.78. The second-order valence-corrected chi connectivity index (χ2v) is 12.2. The molecule has 1 heteroatoms. The minimum absolute atomic E-state index is 0.0355. The van der Waals surface area contributed by atoms with Crippen LogP contribution in [0.15, 0.2) is 11.6 Å². The maximum Gasteiger partial charge on any atom is 0.0543 e. The monoisotopic (exact) mass is 446 g/mol. The van der Waals surface area contributed by atoms with Crippen LogP contribution in [-0.4, -0.2) is 11.2 Å². The third-order valence-electron chi connectivity index (χ3n) is 10.2. The molecule has 0 heterocycles. The molecule has 1 N–H and O–H groups in total. The second kappa shape index (κ2) is 11.9. The van der Waals surface area contributed by atoms with E-state index >= 15 is 0 Å². The second-order valence-electron chi connectivity index (χ2n) is 12.2. The molecule has 0 aromatic rings. The van der Waals surface area contributed by atoms with Crippen molar-refractivity contribution in [2.45, 2.75) is 139 Å². The molecular formula is C31H58O. The van der Waals surface area contributed by atoms with Gasteiger partial charge in [0.2, 0.25) is 0 Å². The van der Waals surface area contributed by atoms with E-state index < -0.39 is 0 Å². The number of hydrogen-bond acceptors (Lipinski definition) is 1. The van der Waals surface area contributed by atoms with Gasteiger partial charge in [-0.2, -0.15) is 0 Å². The van der Waals surface area contributed by atoms with E-state index in [9.17, 15) is 5.11 Å². The van der Waals surface area contributed by atoms with Gasteiger partial charge in [0, 0.05) is 0 Å². The Kier molecular flexibility index (Phi) is 10.4. The Labute approximate surface area is 202 Å². The van der Waals surface area contributed by atoms with Crippen LogP contribution in [0.4, 0.5) is 0 Å². The van der Waals surface area contributed by atoms with Gasteiger partial charge in [0.05, 0.1) is 6.10 Å². The molecule has 0 aromatic heterocycles. The maximum absolute atomic E-state index is 10.2. The van der Waals surface area contributed by atoms with Gasteiger partial charge in [0.15, 0.2) is 0 Å². The van der Waals surface area contributed by atoms with Crippen LogP contribution in [0.1, 0.15) is 133 Å². The first-order chi connectivity index (χ1) is 15.3. The van der Waals surface area contributed by atoms with E-state index in [4.69, 9.17) is 0 Å². The van der Waals surface area contributed by atoms with Crippen molar-refractivity contribution in [1.29, 1.82) is 0 Å². The van der Waals surface area contributed by atoms with E-state index in [2.05, 4.69) is 40.7 Å². The molecule has 0 amide bonds. The predicted molar refractivity (Wildman–Crippen MR) is 142 cm³/mol.